The molecule has 0 heterocycles. The molecular formula is C9H15O4PS. The van der Waals surface area contributed by atoms with E-state index < -0.39 is 17.1 Å². The van der Waals surface area contributed by atoms with Crippen LogP contribution >= 0.6 is 6.72 Å². The van der Waals surface area contributed by atoms with E-state index in [4.69, 9.17) is 4.18 Å². The number of hydrogen-bond acceptors (Lipinski definition) is 1. The monoisotopic (exact) mass is 250 g/mol. The Labute approximate surface area is 91.5 Å². The Bertz CT molecular complexity index is 351. The van der Waals surface area contributed by atoms with Gasteiger partial charge in [-0.25, -0.2) is 0 Å². The highest BCUT2D eigenvalue weighted by Gasteiger charge is 2.15. The fraction of sp³-hybridized carbons (Fsp3) is 0.333. The Morgan fingerprint density at radius 1 is 1.20 bits per heavy atom. The van der Waals surface area contributed by atoms with Gasteiger partial charge in [0.15, 0.2) is 0 Å². The van der Waals surface area contributed by atoms with Crippen LogP contribution in [-0.4, -0.2) is 21.3 Å². The molecule has 1 aromatic rings. The fourth-order valence-electron chi connectivity index (χ4n) is 0.979. The van der Waals surface area contributed by atoms with Crippen molar-refractivity contribution in [2.45, 2.75) is 18.2 Å². The molecule has 0 saturated carbocycles. The average Bonchev–Trinajstić information content (AvgIpc) is 2.18. The lowest BCUT2D eigenvalue weighted by Crippen LogP contribution is -2.02. The van der Waals surface area contributed by atoms with Gasteiger partial charge in [0, 0.05) is 15.2 Å². The van der Waals surface area contributed by atoms with E-state index in [0.29, 0.717) is 11.5 Å². The third-order valence-corrected chi connectivity index (χ3v) is 5.36. The number of rotatable bonds is 4. The molecular weight excluding hydrogens is 235 g/mol. The van der Waals surface area contributed by atoms with E-state index in [-0.39, 0.29) is 0 Å². The molecule has 15 heavy (non-hydrogen) atoms. The summed E-state index contributed by atoms with van der Waals surface area (Å²) in [6.07, 6.45) is 0.760. The lowest BCUT2D eigenvalue weighted by molar-refractivity contribution is 0.342. The highest BCUT2D eigenvalue weighted by molar-refractivity contribution is 8.24. The van der Waals surface area contributed by atoms with E-state index in [1.807, 2.05) is 13.0 Å². The summed E-state index contributed by atoms with van der Waals surface area (Å²) in [7, 11) is -1.33. The molecule has 0 radical (unpaired) electrons. The van der Waals surface area contributed by atoms with E-state index in [9.17, 15) is 14.7 Å². The summed E-state index contributed by atoms with van der Waals surface area (Å²) < 4.78 is 5.27. The lowest BCUT2D eigenvalue weighted by Gasteiger charge is -2.14. The summed E-state index contributed by atoms with van der Waals surface area (Å²) in [4.78, 5) is 28.4. The van der Waals surface area contributed by atoms with Crippen LogP contribution in [-0.2, 0) is 14.5 Å². The third kappa shape index (κ3) is 4.07. The smallest absolute Gasteiger partial charge is 0.306 e. The van der Waals surface area contributed by atoms with E-state index >= 15 is 0 Å². The van der Waals surface area contributed by atoms with Crippen molar-refractivity contribution in [3.8, 4) is 0 Å². The maximum atomic E-state index is 9.27. The summed E-state index contributed by atoms with van der Waals surface area (Å²) in [5.74, 6) is 0. The Morgan fingerprint density at radius 3 is 2.27 bits per heavy atom. The predicted octanol–water partition coefficient (Wildman–Crippen LogP) is 1.66. The van der Waals surface area contributed by atoms with E-state index in [2.05, 4.69) is 0 Å². The lowest BCUT2D eigenvalue weighted by atomic mass is 10.4. The normalized spacial score (nSPS) is 13.9. The molecule has 0 amide bonds. The zero-order valence-corrected chi connectivity index (χ0v) is 10.1. The van der Waals surface area contributed by atoms with Crippen molar-refractivity contribution in [1.29, 1.82) is 0 Å². The SMILES string of the molecule is CCCOS(c1ccccc1)=P(O)(O)O. The quantitative estimate of drug-likeness (QED) is 0.711. The summed E-state index contributed by atoms with van der Waals surface area (Å²) in [5.41, 5.74) is 0. The second-order valence-electron chi connectivity index (χ2n) is 2.90. The second-order valence-corrected chi connectivity index (χ2v) is 7.59. The molecule has 0 aromatic heterocycles. The highest BCUT2D eigenvalue weighted by Crippen LogP contribution is 2.40. The molecule has 1 atom stereocenters. The van der Waals surface area contributed by atoms with Crippen LogP contribution in [0.5, 0.6) is 0 Å². The molecule has 4 nitrogen and oxygen atoms in total. The summed E-state index contributed by atoms with van der Waals surface area (Å²) in [6, 6.07) is 8.75. The third-order valence-electron chi connectivity index (χ3n) is 1.57. The van der Waals surface area contributed by atoms with Gasteiger partial charge >= 0.3 is 6.72 Å². The first kappa shape index (κ1) is 12.9. The first-order chi connectivity index (χ1) is 7.05. The van der Waals surface area contributed by atoms with Crippen molar-refractivity contribution in [1.82, 2.24) is 0 Å². The number of benzene rings is 1. The van der Waals surface area contributed by atoms with Crippen LogP contribution in [0.1, 0.15) is 13.3 Å². The standard InChI is InChI=1S/C9H15O4PS/c1-2-8-13-15(14(10,11)12)9-6-4-3-5-7-9/h3-7,10-12H,2,8H2,1H3. The summed E-state index contributed by atoms with van der Waals surface area (Å²) >= 11 is 0. The predicted molar refractivity (Wildman–Crippen MR) is 61.9 cm³/mol. The molecule has 86 valence electrons. The zero-order valence-electron chi connectivity index (χ0n) is 8.41. The minimum atomic E-state index is -3.97. The van der Waals surface area contributed by atoms with Crippen molar-refractivity contribution in [3.05, 3.63) is 30.3 Å². The van der Waals surface area contributed by atoms with Crippen LogP contribution in [0, 0.1) is 0 Å². The molecule has 0 aliphatic carbocycles. The van der Waals surface area contributed by atoms with Crippen LogP contribution in [0.3, 0.4) is 0 Å². The van der Waals surface area contributed by atoms with Crippen LogP contribution in [0.4, 0.5) is 0 Å². The molecule has 1 rings (SSSR count). The van der Waals surface area contributed by atoms with E-state index in [1.165, 1.54) is 0 Å². The second kappa shape index (κ2) is 5.80. The first-order valence-corrected chi connectivity index (χ1v) is 7.96. The van der Waals surface area contributed by atoms with Crippen LogP contribution in [0.2, 0.25) is 0 Å². The maximum absolute atomic E-state index is 9.27. The molecule has 0 aliphatic rings. The minimum Gasteiger partial charge on any atom is -0.327 e. The van der Waals surface area contributed by atoms with Gasteiger partial charge in [-0.3, -0.25) is 0 Å². The maximum Gasteiger partial charge on any atom is 0.306 e. The number of hydrogen-bond donors (Lipinski definition) is 3. The molecule has 0 aliphatic heterocycles. The van der Waals surface area contributed by atoms with Gasteiger partial charge < -0.3 is 18.9 Å². The van der Waals surface area contributed by atoms with Crippen molar-refractivity contribution >= 4 is 17.1 Å². The topological polar surface area (TPSA) is 69.9 Å². The van der Waals surface area contributed by atoms with Gasteiger partial charge in [0.2, 0.25) is 0 Å². The van der Waals surface area contributed by atoms with Crippen molar-refractivity contribution in [3.63, 3.8) is 0 Å². The van der Waals surface area contributed by atoms with E-state index in [1.54, 1.807) is 24.3 Å². The molecule has 1 unspecified atom stereocenters. The molecule has 0 saturated heterocycles. The van der Waals surface area contributed by atoms with Gasteiger partial charge in [0.05, 0.1) is 6.61 Å². The molecule has 6 heteroatoms. The zero-order chi connectivity index (χ0) is 11.3. The van der Waals surface area contributed by atoms with Crippen molar-refractivity contribution < 1.29 is 18.9 Å². The van der Waals surface area contributed by atoms with Gasteiger partial charge in [-0.05, 0) is 18.6 Å². The largest absolute Gasteiger partial charge is 0.327 e. The summed E-state index contributed by atoms with van der Waals surface area (Å²) in [6.45, 7) is -1.67. The first-order valence-electron chi connectivity index (χ1n) is 4.56. The Hall–Kier alpha value is -0.160. The summed E-state index contributed by atoms with van der Waals surface area (Å²) in [5, 5.41) is 0. The van der Waals surface area contributed by atoms with Crippen molar-refractivity contribution in [2.75, 3.05) is 6.61 Å². The van der Waals surface area contributed by atoms with Gasteiger partial charge in [0.25, 0.3) is 0 Å². The molecule has 3 N–H and O–H groups in total. The highest BCUT2D eigenvalue weighted by atomic mass is 32.5. The van der Waals surface area contributed by atoms with Crippen LogP contribution < -0.4 is 0 Å². The van der Waals surface area contributed by atoms with Gasteiger partial charge in [0.1, 0.15) is 0 Å². The molecule has 0 bridgehead atoms. The average molecular weight is 250 g/mol. The van der Waals surface area contributed by atoms with E-state index in [0.717, 1.165) is 6.42 Å². The van der Waals surface area contributed by atoms with Crippen LogP contribution in [0.15, 0.2) is 35.2 Å². The molecule has 0 spiro atoms. The van der Waals surface area contributed by atoms with Crippen molar-refractivity contribution in [2.24, 2.45) is 0 Å². The Kier molecular flexibility index (Phi) is 4.99. The fourth-order valence-corrected chi connectivity index (χ4v) is 4.12. The van der Waals surface area contributed by atoms with Gasteiger partial charge in [-0.1, -0.05) is 25.1 Å². The molecule has 1 aromatic carbocycles. The Balaban J connectivity index is 3.04. The Morgan fingerprint density at radius 2 is 1.80 bits per heavy atom. The minimum absolute atomic E-state index is 0.390. The van der Waals surface area contributed by atoms with Crippen LogP contribution in [0.25, 0.3) is 0 Å². The van der Waals surface area contributed by atoms with Gasteiger partial charge in [-0.2, -0.15) is 0 Å². The molecule has 0 fully saturated rings. The van der Waals surface area contributed by atoms with Gasteiger partial charge in [-0.15, -0.1) is 0 Å².